The first-order valence-electron chi connectivity index (χ1n) is 5.74. The summed E-state index contributed by atoms with van der Waals surface area (Å²) in [6.07, 6.45) is 4.47. The van der Waals surface area contributed by atoms with Crippen LogP contribution in [0.5, 0.6) is 5.75 Å². The molecule has 1 N–H and O–H groups in total. The van der Waals surface area contributed by atoms with Gasteiger partial charge in [-0.2, -0.15) is 8.78 Å². The summed E-state index contributed by atoms with van der Waals surface area (Å²) >= 11 is 0. The minimum Gasteiger partial charge on any atom is -0.433 e. The van der Waals surface area contributed by atoms with Crippen molar-refractivity contribution in [3.05, 3.63) is 24.0 Å². The van der Waals surface area contributed by atoms with E-state index < -0.39 is 6.61 Å². The standard InChI is InChI=1S/C12H15F2NO2/c13-12(14)17-10-5-6-11(15-7-10)8-1-3-9(16)4-2-8/h5-9,12,16H,1-4H2. The van der Waals surface area contributed by atoms with Crippen molar-refractivity contribution < 1.29 is 18.6 Å². The number of ether oxygens (including phenoxy) is 1. The van der Waals surface area contributed by atoms with Crippen molar-refractivity contribution in [2.75, 3.05) is 0 Å². The Morgan fingerprint density at radius 3 is 2.47 bits per heavy atom. The van der Waals surface area contributed by atoms with Crippen molar-refractivity contribution >= 4 is 0 Å². The average molecular weight is 243 g/mol. The van der Waals surface area contributed by atoms with Gasteiger partial charge in [0.05, 0.1) is 12.3 Å². The van der Waals surface area contributed by atoms with Crippen molar-refractivity contribution in [1.82, 2.24) is 4.98 Å². The van der Waals surface area contributed by atoms with E-state index in [-0.39, 0.29) is 11.9 Å². The third-order valence-electron chi connectivity index (χ3n) is 3.10. The number of alkyl halides is 2. The molecule has 17 heavy (non-hydrogen) atoms. The number of hydrogen-bond donors (Lipinski definition) is 1. The number of aliphatic hydroxyl groups excluding tert-OH is 1. The Morgan fingerprint density at radius 2 is 1.94 bits per heavy atom. The van der Waals surface area contributed by atoms with Crippen LogP contribution < -0.4 is 4.74 Å². The number of halogens is 2. The lowest BCUT2D eigenvalue weighted by Crippen LogP contribution is -2.17. The maximum Gasteiger partial charge on any atom is 0.387 e. The molecule has 0 saturated heterocycles. The number of aromatic nitrogens is 1. The van der Waals surface area contributed by atoms with E-state index >= 15 is 0 Å². The van der Waals surface area contributed by atoms with Crippen LogP contribution in [0.3, 0.4) is 0 Å². The second kappa shape index (κ2) is 5.40. The maximum absolute atomic E-state index is 11.9. The van der Waals surface area contributed by atoms with E-state index in [4.69, 9.17) is 0 Å². The average Bonchev–Trinajstić information content (AvgIpc) is 2.30. The summed E-state index contributed by atoms with van der Waals surface area (Å²) in [4.78, 5) is 4.14. The molecule has 1 saturated carbocycles. The van der Waals surface area contributed by atoms with Crippen LogP contribution in [0.4, 0.5) is 8.78 Å². The first-order valence-corrected chi connectivity index (χ1v) is 5.74. The van der Waals surface area contributed by atoms with E-state index in [1.54, 1.807) is 6.07 Å². The fourth-order valence-electron chi connectivity index (χ4n) is 2.18. The van der Waals surface area contributed by atoms with Crippen molar-refractivity contribution in [3.8, 4) is 5.75 Å². The van der Waals surface area contributed by atoms with Gasteiger partial charge < -0.3 is 9.84 Å². The summed E-state index contributed by atoms with van der Waals surface area (Å²) in [6.45, 7) is -2.81. The number of hydrogen-bond acceptors (Lipinski definition) is 3. The number of pyridine rings is 1. The summed E-state index contributed by atoms with van der Waals surface area (Å²) in [7, 11) is 0. The molecule has 0 spiro atoms. The van der Waals surface area contributed by atoms with Crippen LogP contribution in [-0.2, 0) is 0 Å². The second-order valence-corrected chi connectivity index (χ2v) is 4.30. The third-order valence-corrected chi connectivity index (χ3v) is 3.10. The number of nitrogens with zero attached hydrogens (tertiary/aromatic N) is 1. The van der Waals surface area contributed by atoms with Crippen LogP contribution in [0, 0.1) is 0 Å². The highest BCUT2D eigenvalue weighted by Crippen LogP contribution is 2.32. The summed E-state index contributed by atoms with van der Waals surface area (Å²) in [5.41, 5.74) is 0.888. The summed E-state index contributed by atoms with van der Waals surface area (Å²) in [5, 5.41) is 9.39. The fraction of sp³-hybridized carbons (Fsp3) is 0.583. The molecule has 0 radical (unpaired) electrons. The minimum absolute atomic E-state index is 0.0830. The van der Waals surface area contributed by atoms with Gasteiger partial charge in [0.15, 0.2) is 0 Å². The molecule has 0 aliphatic heterocycles. The van der Waals surface area contributed by atoms with E-state index in [1.807, 2.05) is 0 Å². The third kappa shape index (κ3) is 3.36. The summed E-state index contributed by atoms with van der Waals surface area (Å²) in [5.74, 6) is 0.401. The normalized spacial score (nSPS) is 24.9. The second-order valence-electron chi connectivity index (χ2n) is 4.30. The summed E-state index contributed by atoms with van der Waals surface area (Å²) in [6, 6.07) is 3.24. The van der Waals surface area contributed by atoms with Crippen LogP contribution in [0.25, 0.3) is 0 Å². The zero-order valence-electron chi connectivity index (χ0n) is 9.35. The Bertz CT molecular complexity index is 348. The Hall–Kier alpha value is -1.23. The van der Waals surface area contributed by atoms with Gasteiger partial charge in [-0.15, -0.1) is 0 Å². The first-order chi connectivity index (χ1) is 8.15. The molecule has 2 rings (SSSR count). The molecule has 0 atom stereocenters. The quantitative estimate of drug-likeness (QED) is 0.887. The Morgan fingerprint density at radius 1 is 1.24 bits per heavy atom. The minimum atomic E-state index is -2.81. The zero-order chi connectivity index (χ0) is 12.3. The molecule has 3 nitrogen and oxygen atoms in total. The van der Waals surface area contributed by atoms with Crippen molar-refractivity contribution in [3.63, 3.8) is 0 Å². The van der Waals surface area contributed by atoms with Crippen LogP contribution in [0.15, 0.2) is 18.3 Å². The van der Waals surface area contributed by atoms with Gasteiger partial charge in [-0.05, 0) is 37.8 Å². The molecule has 0 aromatic carbocycles. The van der Waals surface area contributed by atoms with Crippen molar-refractivity contribution in [2.45, 2.75) is 44.3 Å². The van der Waals surface area contributed by atoms with Crippen LogP contribution in [-0.4, -0.2) is 22.8 Å². The molecule has 1 fully saturated rings. The van der Waals surface area contributed by atoms with Gasteiger partial charge in [0.2, 0.25) is 0 Å². The largest absolute Gasteiger partial charge is 0.433 e. The Balaban J connectivity index is 1.97. The molecule has 1 heterocycles. The lowest BCUT2D eigenvalue weighted by molar-refractivity contribution is -0.0501. The van der Waals surface area contributed by atoms with Gasteiger partial charge in [-0.1, -0.05) is 0 Å². The monoisotopic (exact) mass is 243 g/mol. The number of aliphatic hydroxyl groups is 1. The topological polar surface area (TPSA) is 42.4 Å². The molecule has 0 amide bonds. The molecule has 5 heteroatoms. The fourth-order valence-corrected chi connectivity index (χ4v) is 2.18. The highest BCUT2D eigenvalue weighted by atomic mass is 19.3. The van der Waals surface area contributed by atoms with Crippen LogP contribution in [0.1, 0.15) is 37.3 Å². The predicted molar refractivity (Wildman–Crippen MR) is 58.1 cm³/mol. The van der Waals surface area contributed by atoms with Crippen molar-refractivity contribution in [1.29, 1.82) is 0 Å². The highest BCUT2D eigenvalue weighted by Gasteiger charge is 2.21. The van der Waals surface area contributed by atoms with Gasteiger partial charge in [0.25, 0.3) is 0 Å². The molecule has 1 aliphatic rings. The molecule has 1 aliphatic carbocycles. The van der Waals surface area contributed by atoms with E-state index in [0.29, 0.717) is 5.92 Å². The van der Waals surface area contributed by atoms with E-state index in [9.17, 15) is 13.9 Å². The Labute approximate surface area is 98.4 Å². The van der Waals surface area contributed by atoms with Crippen LogP contribution in [0.2, 0.25) is 0 Å². The zero-order valence-corrected chi connectivity index (χ0v) is 9.35. The molecule has 1 aromatic heterocycles. The van der Waals surface area contributed by atoms with Gasteiger partial charge in [-0.3, -0.25) is 4.98 Å². The Kier molecular flexibility index (Phi) is 3.89. The maximum atomic E-state index is 11.9. The SMILES string of the molecule is OC1CCC(c2ccc(OC(F)F)cn2)CC1. The van der Waals surface area contributed by atoms with E-state index in [0.717, 1.165) is 31.4 Å². The predicted octanol–water partition coefficient (Wildman–Crippen LogP) is 2.70. The van der Waals surface area contributed by atoms with Gasteiger partial charge in [0.1, 0.15) is 5.75 Å². The van der Waals surface area contributed by atoms with Gasteiger partial charge >= 0.3 is 6.61 Å². The molecular formula is C12H15F2NO2. The molecule has 94 valence electrons. The molecule has 0 bridgehead atoms. The van der Waals surface area contributed by atoms with E-state index in [1.165, 1.54) is 12.3 Å². The summed E-state index contributed by atoms with van der Waals surface area (Å²) < 4.78 is 28.1. The van der Waals surface area contributed by atoms with E-state index in [2.05, 4.69) is 9.72 Å². The molecule has 0 unspecified atom stereocenters. The lowest BCUT2D eigenvalue weighted by Gasteiger charge is -2.24. The first kappa shape index (κ1) is 12.2. The highest BCUT2D eigenvalue weighted by molar-refractivity contribution is 5.22. The van der Waals surface area contributed by atoms with Crippen LogP contribution >= 0.6 is 0 Å². The molecule has 1 aromatic rings. The lowest BCUT2D eigenvalue weighted by atomic mass is 9.85. The van der Waals surface area contributed by atoms with Gasteiger partial charge in [0, 0.05) is 11.6 Å². The number of rotatable bonds is 3. The molecular weight excluding hydrogens is 228 g/mol. The smallest absolute Gasteiger partial charge is 0.387 e. The van der Waals surface area contributed by atoms with Crippen molar-refractivity contribution in [2.24, 2.45) is 0 Å². The van der Waals surface area contributed by atoms with Gasteiger partial charge in [-0.25, -0.2) is 0 Å².